The Bertz CT molecular complexity index is 352. The van der Waals surface area contributed by atoms with E-state index >= 15 is 0 Å². The minimum atomic E-state index is -0.216. The van der Waals surface area contributed by atoms with Gasteiger partial charge in [-0.05, 0) is 36.5 Å². The molecule has 16 heavy (non-hydrogen) atoms. The van der Waals surface area contributed by atoms with Crippen LogP contribution in [-0.2, 0) is 16.0 Å². The van der Waals surface area contributed by atoms with Gasteiger partial charge < -0.3 is 9.47 Å². The molecule has 0 atom stereocenters. The van der Waals surface area contributed by atoms with Crippen molar-refractivity contribution in [1.29, 1.82) is 0 Å². The van der Waals surface area contributed by atoms with Crippen LogP contribution in [0.2, 0.25) is 0 Å². The van der Waals surface area contributed by atoms with Gasteiger partial charge in [0.1, 0.15) is 5.75 Å². The van der Waals surface area contributed by atoms with Crippen molar-refractivity contribution in [2.24, 2.45) is 5.92 Å². The number of ether oxygens (including phenoxy) is 2. The third-order valence-corrected chi connectivity index (χ3v) is 2.68. The lowest BCUT2D eigenvalue weighted by Crippen LogP contribution is -2.04. The van der Waals surface area contributed by atoms with Crippen LogP contribution in [0.5, 0.6) is 5.75 Å². The minimum Gasteiger partial charge on any atom is -0.493 e. The zero-order valence-electron chi connectivity index (χ0n) is 9.44. The molecule has 1 aromatic carbocycles. The van der Waals surface area contributed by atoms with Gasteiger partial charge in [-0.25, -0.2) is 0 Å². The van der Waals surface area contributed by atoms with Gasteiger partial charge in [-0.2, -0.15) is 0 Å². The fourth-order valence-electron chi connectivity index (χ4n) is 1.44. The monoisotopic (exact) mass is 220 g/mol. The molecule has 0 heterocycles. The van der Waals surface area contributed by atoms with Gasteiger partial charge in [-0.15, -0.1) is 0 Å². The van der Waals surface area contributed by atoms with E-state index in [0.29, 0.717) is 6.42 Å². The van der Waals surface area contributed by atoms with Crippen LogP contribution in [-0.4, -0.2) is 19.7 Å². The maximum absolute atomic E-state index is 11.0. The van der Waals surface area contributed by atoms with E-state index in [-0.39, 0.29) is 5.97 Å². The first-order valence-corrected chi connectivity index (χ1v) is 5.56. The van der Waals surface area contributed by atoms with Crippen LogP contribution >= 0.6 is 0 Å². The SMILES string of the molecule is COC(=O)Cc1ccc(OCC2CC2)cc1. The first kappa shape index (κ1) is 11.0. The fourth-order valence-corrected chi connectivity index (χ4v) is 1.44. The van der Waals surface area contributed by atoms with E-state index in [0.717, 1.165) is 23.8 Å². The molecular weight excluding hydrogens is 204 g/mol. The summed E-state index contributed by atoms with van der Waals surface area (Å²) in [4.78, 5) is 11.0. The van der Waals surface area contributed by atoms with Crippen LogP contribution in [0.1, 0.15) is 18.4 Å². The standard InChI is InChI=1S/C13H16O3/c1-15-13(14)8-10-4-6-12(7-5-10)16-9-11-2-3-11/h4-7,11H,2-3,8-9H2,1H3. The van der Waals surface area contributed by atoms with Crippen molar-refractivity contribution in [3.8, 4) is 5.75 Å². The summed E-state index contributed by atoms with van der Waals surface area (Å²) >= 11 is 0. The van der Waals surface area contributed by atoms with E-state index in [1.54, 1.807) is 0 Å². The van der Waals surface area contributed by atoms with Crippen molar-refractivity contribution >= 4 is 5.97 Å². The van der Waals surface area contributed by atoms with Crippen LogP contribution in [0.25, 0.3) is 0 Å². The number of esters is 1. The molecule has 0 aliphatic heterocycles. The molecular formula is C13H16O3. The lowest BCUT2D eigenvalue weighted by molar-refractivity contribution is -0.139. The highest BCUT2D eigenvalue weighted by Crippen LogP contribution is 2.29. The molecule has 1 aromatic rings. The number of carbonyl (C=O) groups excluding carboxylic acids is 1. The Morgan fingerprint density at radius 3 is 2.56 bits per heavy atom. The molecule has 0 N–H and O–H groups in total. The van der Waals surface area contributed by atoms with Crippen molar-refractivity contribution in [2.75, 3.05) is 13.7 Å². The molecule has 0 bridgehead atoms. The highest BCUT2D eigenvalue weighted by molar-refractivity contribution is 5.72. The number of carbonyl (C=O) groups is 1. The van der Waals surface area contributed by atoms with Crippen LogP contribution < -0.4 is 4.74 Å². The van der Waals surface area contributed by atoms with E-state index in [2.05, 4.69) is 4.74 Å². The summed E-state index contributed by atoms with van der Waals surface area (Å²) in [6.45, 7) is 0.816. The number of benzene rings is 1. The van der Waals surface area contributed by atoms with Crippen LogP contribution in [0.15, 0.2) is 24.3 Å². The predicted octanol–water partition coefficient (Wildman–Crippen LogP) is 2.19. The Morgan fingerprint density at radius 1 is 1.31 bits per heavy atom. The summed E-state index contributed by atoms with van der Waals surface area (Å²) in [7, 11) is 1.40. The molecule has 0 saturated heterocycles. The van der Waals surface area contributed by atoms with Crippen LogP contribution in [0, 0.1) is 5.92 Å². The Kier molecular flexibility index (Phi) is 3.44. The third-order valence-electron chi connectivity index (χ3n) is 2.68. The highest BCUT2D eigenvalue weighted by atomic mass is 16.5. The van der Waals surface area contributed by atoms with Crippen molar-refractivity contribution in [3.63, 3.8) is 0 Å². The lowest BCUT2D eigenvalue weighted by Gasteiger charge is -2.05. The van der Waals surface area contributed by atoms with Crippen molar-refractivity contribution in [2.45, 2.75) is 19.3 Å². The smallest absolute Gasteiger partial charge is 0.309 e. The zero-order chi connectivity index (χ0) is 11.4. The van der Waals surface area contributed by atoms with Gasteiger partial charge in [0, 0.05) is 0 Å². The minimum absolute atomic E-state index is 0.216. The second-order valence-corrected chi connectivity index (χ2v) is 4.15. The molecule has 3 heteroatoms. The van der Waals surface area contributed by atoms with Gasteiger partial charge in [0.2, 0.25) is 0 Å². The molecule has 2 rings (SSSR count). The Labute approximate surface area is 95.4 Å². The normalized spacial score (nSPS) is 14.6. The topological polar surface area (TPSA) is 35.5 Å². The molecule has 1 aliphatic carbocycles. The highest BCUT2D eigenvalue weighted by Gasteiger charge is 2.21. The number of hydrogen-bond acceptors (Lipinski definition) is 3. The summed E-state index contributed by atoms with van der Waals surface area (Å²) < 4.78 is 10.2. The number of methoxy groups -OCH3 is 1. The second-order valence-electron chi connectivity index (χ2n) is 4.15. The van der Waals surface area contributed by atoms with Gasteiger partial charge in [-0.3, -0.25) is 4.79 Å². The van der Waals surface area contributed by atoms with Crippen LogP contribution in [0.3, 0.4) is 0 Å². The Hall–Kier alpha value is -1.51. The maximum atomic E-state index is 11.0. The van der Waals surface area contributed by atoms with E-state index < -0.39 is 0 Å². The third kappa shape index (κ3) is 3.26. The van der Waals surface area contributed by atoms with E-state index in [4.69, 9.17) is 4.74 Å². The molecule has 0 unspecified atom stereocenters. The van der Waals surface area contributed by atoms with Crippen LogP contribution in [0.4, 0.5) is 0 Å². The molecule has 1 saturated carbocycles. The first-order valence-electron chi connectivity index (χ1n) is 5.56. The van der Waals surface area contributed by atoms with Crippen molar-refractivity contribution in [3.05, 3.63) is 29.8 Å². The Morgan fingerprint density at radius 2 is 2.00 bits per heavy atom. The maximum Gasteiger partial charge on any atom is 0.309 e. The number of hydrogen-bond donors (Lipinski definition) is 0. The molecule has 1 aliphatic rings. The number of rotatable bonds is 5. The van der Waals surface area contributed by atoms with Gasteiger partial charge in [-0.1, -0.05) is 12.1 Å². The Balaban J connectivity index is 1.85. The molecule has 0 radical (unpaired) electrons. The first-order chi connectivity index (χ1) is 7.78. The molecule has 86 valence electrons. The van der Waals surface area contributed by atoms with E-state index in [1.807, 2.05) is 24.3 Å². The van der Waals surface area contributed by atoms with Gasteiger partial charge in [0.05, 0.1) is 20.1 Å². The summed E-state index contributed by atoms with van der Waals surface area (Å²) in [6, 6.07) is 7.61. The molecule has 0 amide bonds. The lowest BCUT2D eigenvalue weighted by atomic mass is 10.1. The summed E-state index contributed by atoms with van der Waals surface area (Å²) in [6.07, 6.45) is 2.90. The molecule has 0 spiro atoms. The van der Waals surface area contributed by atoms with Gasteiger partial charge >= 0.3 is 5.97 Å². The second kappa shape index (κ2) is 5.01. The molecule has 1 fully saturated rings. The van der Waals surface area contributed by atoms with Gasteiger partial charge in [0.15, 0.2) is 0 Å². The molecule has 3 nitrogen and oxygen atoms in total. The average molecular weight is 220 g/mol. The fraction of sp³-hybridized carbons (Fsp3) is 0.462. The molecule has 0 aromatic heterocycles. The van der Waals surface area contributed by atoms with E-state index in [9.17, 15) is 4.79 Å². The zero-order valence-corrected chi connectivity index (χ0v) is 9.44. The largest absolute Gasteiger partial charge is 0.493 e. The predicted molar refractivity (Wildman–Crippen MR) is 60.4 cm³/mol. The van der Waals surface area contributed by atoms with Crippen molar-refractivity contribution in [1.82, 2.24) is 0 Å². The summed E-state index contributed by atoms with van der Waals surface area (Å²) in [5.74, 6) is 1.42. The quantitative estimate of drug-likeness (QED) is 0.713. The summed E-state index contributed by atoms with van der Waals surface area (Å²) in [5, 5.41) is 0. The van der Waals surface area contributed by atoms with E-state index in [1.165, 1.54) is 20.0 Å². The van der Waals surface area contributed by atoms with Crippen molar-refractivity contribution < 1.29 is 14.3 Å². The average Bonchev–Trinajstić information content (AvgIpc) is 3.12. The van der Waals surface area contributed by atoms with Gasteiger partial charge in [0.25, 0.3) is 0 Å². The summed E-state index contributed by atoms with van der Waals surface area (Å²) in [5.41, 5.74) is 0.950.